The molecule has 1 heterocycles. The number of aliphatic imine (C=N–C) groups is 1. The number of aliphatic hydroxyl groups excluding tert-OH is 1. The van der Waals surface area contributed by atoms with Crippen LogP contribution in [0.5, 0.6) is 5.75 Å². The predicted octanol–water partition coefficient (Wildman–Crippen LogP) is 6.99. The van der Waals surface area contributed by atoms with Crippen LogP contribution in [0.2, 0.25) is 5.02 Å². The number of azide groups is 1. The monoisotopic (exact) mass is 702 g/mol. The Balaban J connectivity index is 1.56. The quantitative estimate of drug-likeness (QED) is 0.0427. The molecule has 236 valence electrons. The van der Waals surface area contributed by atoms with Crippen LogP contribution in [-0.2, 0) is 29.0 Å². The fourth-order valence-electron chi connectivity index (χ4n) is 5.21. The molecule has 3 N–H and O–H groups in total. The van der Waals surface area contributed by atoms with Gasteiger partial charge in [-0.2, -0.15) is 0 Å². The SMILES string of the molecule is [N-]=[N+]=NCc1ccccc1C[C@]1(C(=O)NNCc2cccc(Cl)c2)N=C(c2ccc(OCCCO)cc2)O[C@H]1c1ccccc1Br. The topological polar surface area (TPSA) is 141 Å². The number of rotatable bonds is 14. The first-order valence-electron chi connectivity index (χ1n) is 14.6. The number of carbonyl (C=O) groups is 1. The Labute approximate surface area is 280 Å². The van der Waals surface area contributed by atoms with Crippen molar-refractivity contribution in [3.63, 3.8) is 0 Å². The lowest BCUT2D eigenvalue weighted by Crippen LogP contribution is -2.53. The van der Waals surface area contributed by atoms with E-state index in [-0.39, 0.29) is 19.6 Å². The van der Waals surface area contributed by atoms with E-state index in [0.717, 1.165) is 26.7 Å². The van der Waals surface area contributed by atoms with Crippen molar-refractivity contribution in [1.82, 2.24) is 10.9 Å². The Hall–Kier alpha value is -4.38. The molecule has 4 aromatic rings. The summed E-state index contributed by atoms with van der Waals surface area (Å²) in [6.07, 6.45) is -0.166. The zero-order chi connectivity index (χ0) is 32.4. The van der Waals surface area contributed by atoms with E-state index in [4.69, 9.17) is 36.7 Å². The average molecular weight is 704 g/mol. The molecule has 1 aliphatic heterocycles. The van der Waals surface area contributed by atoms with Crippen LogP contribution in [0.25, 0.3) is 10.4 Å². The second-order valence-electron chi connectivity index (χ2n) is 10.6. The van der Waals surface area contributed by atoms with Crippen molar-refractivity contribution in [1.29, 1.82) is 0 Å². The van der Waals surface area contributed by atoms with Crippen molar-refractivity contribution in [2.45, 2.75) is 37.6 Å². The molecule has 12 heteroatoms. The van der Waals surface area contributed by atoms with Crippen molar-refractivity contribution < 1.29 is 19.4 Å². The molecule has 2 atom stereocenters. The molecule has 0 aromatic heterocycles. The van der Waals surface area contributed by atoms with E-state index >= 15 is 0 Å². The maximum absolute atomic E-state index is 14.5. The van der Waals surface area contributed by atoms with Gasteiger partial charge in [0.05, 0.1) is 13.2 Å². The van der Waals surface area contributed by atoms with E-state index in [1.165, 1.54) is 0 Å². The standard InChI is InChI=1S/C34H32BrClN6O4/c35-30-12-4-3-11-29(30)31-34(20-25-8-1-2-9-26(25)22-39-42-37,33(44)41-38-21-23-7-5-10-27(36)19-23)40-32(46-31)24-13-15-28(16-14-24)45-18-6-17-43/h1-5,7-16,19,31,38,43H,6,17-18,20-22H2,(H,41,44)/t31-,34-/m0/s1. The Morgan fingerprint density at radius 1 is 1.07 bits per heavy atom. The molecule has 0 saturated carbocycles. The third kappa shape index (κ3) is 7.88. The van der Waals surface area contributed by atoms with Crippen LogP contribution in [0.3, 0.4) is 0 Å². The van der Waals surface area contributed by atoms with Crippen LogP contribution in [0.4, 0.5) is 0 Å². The van der Waals surface area contributed by atoms with Crippen LogP contribution in [0.15, 0.2) is 112 Å². The van der Waals surface area contributed by atoms with E-state index in [1.54, 1.807) is 18.2 Å². The van der Waals surface area contributed by atoms with Crippen molar-refractivity contribution >= 4 is 39.3 Å². The van der Waals surface area contributed by atoms with Gasteiger partial charge in [-0.3, -0.25) is 10.2 Å². The van der Waals surface area contributed by atoms with Gasteiger partial charge in [-0.1, -0.05) is 87.2 Å². The number of halogens is 2. The van der Waals surface area contributed by atoms with Crippen molar-refractivity contribution in [3.8, 4) is 5.75 Å². The molecule has 4 aromatic carbocycles. The van der Waals surface area contributed by atoms with E-state index in [9.17, 15) is 4.79 Å². The first kappa shape index (κ1) is 33.0. The molecule has 0 unspecified atom stereocenters. The molecule has 1 aliphatic rings. The van der Waals surface area contributed by atoms with Gasteiger partial charge >= 0.3 is 0 Å². The van der Waals surface area contributed by atoms with Gasteiger partial charge in [-0.05, 0) is 64.7 Å². The molecule has 0 radical (unpaired) electrons. The zero-order valence-electron chi connectivity index (χ0n) is 24.8. The van der Waals surface area contributed by atoms with Crippen LogP contribution in [0, 0.1) is 0 Å². The second kappa shape index (κ2) is 15.8. The van der Waals surface area contributed by atoms with Crippen molar-refractivity contribution in [3.05, 3.63) is 145 Å². The normalized spacial score (nSPS) is 17.0. The van der Waals surface area contributed by atoms with Gasteiger partial charge in [0, 0.05) is 51.5 Å². The zero-order valence-corrected chi connectivity index (χ0v) is 27.1. The van der Waals surface area contributed by atoms with E-state index in [0.29, 0.717) is 41.8 Å². The first-order valence-corrected chi connectivity index (χ1v) is 15.8. The highest BCUT2D eigenvalue weighted by Crippen LogP contribution is 2.45. The Morgan fingerprint density at radius 2 is 1.83 bits per heavy atom. The number of amides is 1. The van der Waals surface area contributed by atoms with Gasteiger partial charge in [-0.25, -0.2) is 10.4 Å². The fraction of sp³-hybridized carbons (Fsp3) is 0.235. The van der Waals surface area contributed by atoms with Gasteiger partial charge in [0.25, 0.3) is 5.91 Å². The summed E-state index contributed by atoms with van der Waals surface area (Å²) in [5, 5.41) is 13.4. The maximum atomic E-state index is 14.5. The number of nitrogens with zero attached hydrogens (tertiary/aromatic N) is 4. The van der Waals surface area contributed by atoms with Gasteiger partial charge in [0.1, 0.15) is 5.75 Å². The van der Waals surface area contributed by atoms with Gasteiger partial charge < -0.3 is 14.6 Å². The van der Waals surface area contributed by atoms with E-state index in [2.05, 4.69) is 36.8 Å². The Morgan fingerprint density at radius 3 is 2.57 bits per heavy atom. The van der Waals surface area contributed by atoms with Crippen LogP contribution in [0.1, 0.15) is 40.3 Å². The number of nitrogens with one attached hydrogen (secondary N) is 2. The number of aliphatic hydroxyl groups is 1. The highest BCUT2D eigenvalue weighted by molar-refractivity contribution is 9.10. The lowest BCUT2D eigenvalue weighted by molar-refractivity contribution is -0.130. The minimum atomic E-state index is -1.48. The summed E-state index contributed by atoms with van der Waals surface area (Å²) in [7, 11) is 0. The number of ether oxygens (including phenoxy) is 2. The summed E-state index contributed by atoms with van der Waals surface area (Å²) < 4.78 is 13.1. The molecule has 5 rings (SSSR count). The molecule has 0 saturated heterocycles. The Kier molecular flexibility index (Phi) is 11.3. The molecule has 46 heavy (non-hydrogen) atoms. The molecular weight excluding hydrogens is 672 g/mol. The summed E-state index contributed by atoms with van der Waals surface area (Å²) in [6.45, 7) is 0.873. The van der Waals surface area contributed by atoms with Gasteiger partial charge in [0.15, 0.2) is 11.6 Å². The number of hydrogen-bond donors (Lipinski definition) is 3. The summed E-state index contributed by atoms with van der Waals surface area (Å²) in [6, 6.07) is 29.7. The first-order chi connectivity index (χ1) is 22.4. The lowest BCUT2D eigenvalue weighted by atomic mass is 9.81. The molecule has 0 aliphatic carbocycles. The van der Waals surface area contributed by atoms with Crippen molar-refractivity contribution in [2.24, 2.45) is 10.1 Å². The summed E-state index contributed by atoms with van der Waals surface area (Å²) >= 11 is 9.84. The molecule has 1 amide bonds. The third-order valence-electron chi connectivity index (χ3n) is 7.48. The summed E-state index contributed by atoms with van der Waals surface area (Å²) in [5.74, 6) is 0.521. The summed E-state index contributed by atoms with van der Waals surface area (Å²) in [4.78, 5) is 22.5. The number of hydrogen-bond acceptors (Lipinski definition) is 7. The number of benzene rings is 4. The van der Waals surface area contributed by atoms with Gasteiger partial charge in [-0.15, -0.1) is 0 Å². The molecule has 0 spiro atoms. The third-order valence-corrected chi connectivity index (χ3v) is 8.44. The summed E-state index contributed by atoms with van der Waals surface area (Å²) in [5.41, 5.74) is 17.3. The smallest absolute Gasteiger partial charge is 0.266 e. The lowest BCUT2D eigenvalue weighted by Gasteiger charge is -2.32. The molecule has 0 bridgehead atoms. The molecular formula is C34H32BrClN6O4. The predicted molar refractivity (Wildman–Crippen MR) is 180 cm³/mol. The molecule has 10 nitrogen and oxygen atoms in total. The number of hydrazine groups is 1. The minimum absolute atomic E-state index is 0.0449. The number of carbonyl (C=O) groups excluding carboxylic acids is 1. The largest absolute Gasteiger partial charge is 0.494 e. The molecule has 0 fully saturated rings. The average Bonchev–Trinajstić information content (AvgIpc) is 3.45. The van der Waals surface area contributed by atoms with E-state index < -0.39 is 17.6 Å². The van der Waals surface area contributed by atoms with Crippen LogP contribution < -0.4 is 15.6 Å². The highest BCUT2D eigenvalue weighted by Gasteiger charge is 2.54. The second-order valence-corrected chi connectivity index (χ2v) is 11.9. The fourth-order valence-corrected chi connectivity index (χ4v) is 5.92. The minimum Gasteiger partial charge on any atom is -0.494 e. The maximum Gasteiger partial charge on any atom is 0.266 e. The van der Waals surface area contributed by atoms with Crippen LogP contribution >= 0.6 is 27.5 Å². The van der Waals surface area contributed by atoms with E-state index in [1.807, 2.05) is 78.9 Å². The Bertz CT molecular complexity index is 1750. The van der Waals surface area contributed by atoms with Gasteiger partial charge in [0.2, 0.25) is 5.90 Å². The van der Waals surface area contributed by atoms with Crippen LogP contribution in [-0.4, -0.2) is 35.7 Å². The highest BCUT2D eigenvalue weighted by atomic mass is 79.9. The van der Waals surface area contributed by atoms with Crippen molar-refractivity contribution in [2.75, 3.05) is 13.2 Å².